The van der Waals surface area contributed by atoms with Crippen molar-refractivity contribution in [3.63, 3.8) is 0 Å². The summed E-state index contributed by atoms with van der Waals surface area (Å²) in [5.74, 6) is 1.05. The Balaban J connectivity index is 1.75. The van der Waals surface area contributed by atoms with Crippen molar-refractivity contribution in [1.82, 2.24) is 10.2 Å². The van der Waals surface area contributed by atoms with E-state index in [2.05, 4.69) is 74.8 Å². The van der Waals surface area contributed by atoms with Crippen molar-refractivity contribution < 1.29 is 4.79 Å². The van der Waals surface area contributed by atoms with Crippen LogP contribution in [0.5, 0.6) is 0 Å². The Labute approximate surface area is 165 Å². The molecule has 3 atom stereocenters. The van der Waals surface area contributed by atoms with Gasteiger partial charge in [-0.05, 0) is 69.4 Å². The standard InChI is InChI=1S/C24H36N2O/c1-6-18-11-12-21(24(5,15-18)22(27)25-23(2,3)4)17-26-14-13-19-9-7-8-10-20(19)16-26/h6-10,18,21H,1,11-17H2,2-5H3,(H,25,27)/t18-,21+,24+/m1/s1. The van der Waals surface area contributed by atoms with Crippen LogP contribution in [-0.4, -0.2) is 29.4 Å². The number of carbonyl (C=O) groups is 1. The van der Waals surface area contributed by atoms with Gasteiger partial charge in [0.15, 0.2) is 0 Å². The maximum Gasteiger partial charge on any atom is 0.226 e. The first-order valence-corrected chi connectivity index (χ1v) is 10.5. The fourth-order valence-electron chi connectivity index (χ4n) is 4.82. The zero-order valence-electron chi connectivity index (χ0n) is 17.6. The molecule has 1 saturated carbocycles. The predicted octanol–water partition coefficient (Wildman–Crippen LogP) is 4.57. The molecule has 2 aliphatic rings. The molecule has 1 aromatic rings. The first-order chi connectivity index (χ1) is 12.7. The van der Waals surface area contributed by atoms with Gasteiger partial charge in [0.25, 0.3) is 0 Å². The van der Waals surface area contributed by atoms with E-state index in [0.717, 1.165) is 45.3 Å². The molecule has 3 nitrogen and oxygen atoms in total. The SMILES string of the molecule is C=C[C@@H]1CC[C@@H](CN2CCc3ccccc3C2)[C@@](C)(C(=O)NC(C)(C)C)C1. The molecule has 0 unspecified atom stereocenters. The Bertz CT molecular complexity index is 690. The Hall–Kier alpha value is -1.61. The van der Waals surface area contributed by atoms with E-state index in [9.17, 15) is 4.79 Å². The molecule has 1 aromatic carbocycles. The molecule has 0 radical (unpaired) electrons. The molecule has 0 spiro atoms. The highest BCUT2D eigenvalue weighted by atomic mass is 16.2. The van der Waals surface area contributed by atoms with Crippen LogP contribution in [0.3, 0.4) is 0 Å². The molecule has 1 amide bonds. The summed E-state index contributed by atoms with van der Waals surface area (Å²) in [7, 11) is 0. The van der Waals surface area contributed by atoms with Crippen LogP contribution in [0, 0.1) is 17.3 Å². The van der Waals surface area contributed by atoms with Crippen molar-refractivity contribution >= 4 is 5.91 Å². The lowest BCUT2D eigenvalue weighted by atomic mass is 9.63. The van der Waals surface area contributed by atoms with Crippen molar-refractivity contribution in [1.29, 1.82) is 0 Å². The van der Waals surface area contributed by atoms with Crippen molar-refractivity contribution in [2.75, 3.05) is 13.1 Å². The van der Waals surface area contributed by atoms with E-state index in [4.69, 9.17) is 0 Å². The lowest BCUT2D eigenvalue weighted by Crippen LogP contribution is -2.54. The van der Waals surface area contributed by atoms with E-state index in [0.29, 0.717) is 11.8 Å². The molecule has 0 bridgehead atoms. The molecule has 1 N–H and O–H groups in total. The first-order valence-electron chi connectivity index (χ1n) is 10.5. The van der Waals surface area contributed by atoms with Crippen LogP contribution in [-0.2, 0) is 17.8 Å². The molecule has 3 heteroatoms. The van der Waals surface area contributed by atoms with E-state index in [-0.39, 0.29) is 16.9 Å². The Morgan fingerprint density at radius 2 is 2.00 bits per heavy atom. The second-order valence-electron chi connectivity index (χ2n) is 9.85. The fourth-order valence-corrected chi connectivity index (χ4v) is 4.82. The van der Waals surface area contributed by atoms with E-state index in [1.165, 1.54) is 11.1 Å². The Morgan fingerprint density at radius 3 is 2.67 bits per heavy atom. The molecule has 1 aliphatic carbocycles. The lowest BCUT2D eigenvalue weighted by molar-refractivity contribution is -0.138. The zero-order chi connectivity index (χ0) is 19.7. The molecule has 3 rings (SSSR count). The van der Waals surface area contributed by atoms with Crippen LogP contribution in [0.2, 0.25) is 0 Å². The maximum absolute atomic E-state index is 13.3. The highest BCUT2D eigenvalue weighted by Crippen LogP contribution is 2.45. The van der Waals surface area contributed by atoms with Crippen molar-refractivity contribution in [2.45, 2.75) is 65.5 Å². The largest absolute Gasteiger partial charge is 0.351 e. The second-order valence-corrected chi connectivity index (χ2v) is 9.85. The monoisotopic (exact) mass is 368 g/mol. The number of fused-ring (bicyclic) bond motifs is 1. The summed E-state index contributed by atoms with van der Waals surface area (Å²) in [6.07, 6.45) is 6.33. The van der Waals surface area contributed by atoms with Crippen molar-refractivity contribution in [3.8, 4) is 0 Å². The summed E-state index contributed by atoms with van der Waals surface area (Å²) in [5, 5.41) is 3.27. The smallest absolute Gasteiger partial charge is 0.226 e. The number of benzene rings is 1. The van der Waals surface area contributed by atoms with Crippen LogP contribution in [0.15, 0.2) is 36.9 Å². The Morgan fingerprint density at radius 1 is 1.30 bits per heavy atom. The van der Waals surface area contributed by atoms with E-state index in [1.54, 1.807) is 0 Å². The van der Waals surface area contributed by atoms with Gasteiger partial charge in [-0.25, -0.2) is 0 Å². The number of hydrogen-bond acceptors (Lipinski definition) is 2. The van der Waals surface area contributed by atoms with Gasteiger partial charge in [-0.2, -0.15) is 0 Å². The van der Waals surface area contributed by atoms with Gasteiger partial charge in [0.05, 0.1) is 5.41 Å². The summed E-state index contributed by atoms with van der Waals surface area (Å²) in [4.78, 5) is 15.8. The average molecular weight is 369 g/mol. The maximum atomic E-state index is 13.3. The lowest BCUT2D eigenvalue weighted by Gasteiger charge is -2.46. The van der Waals surface area contributed by atoms with E-state index in [1.807, 2.05) is 0 Å². The molecule has 0 aromatic heterocycles. The molecular formula is C24H36N2O. The van der Waals surface area contributed by atoms with Gasteiger partial charge in [-0.15, -0.1) is 6.58 Å². The van der Waals surface area contributed by atoms with Gasteiger partial charge < -0.3 is 5.32 Å². The third-order valence-corrected chi connectivity index (χ3v) is 6.50. The summed E-state index contributed by atoms with van der Waals surface area (Å²) in [5.41, 5.74) is 2.40. The second kappa shape index (κ2) is 7.79. The van der Waals surface area contributed by atoms with Gasteiger partial charge in [-0.3, -0.25) is 9.69 Å². The highest BCUT2D eigenvalue weighted by Gasteiger charge is 2.46. The van der Waals surface area contributed by atoms with Crippen molar-refractivity contribution in [3.05, 3.63) is 48.0 Å². The average Bonchev–Trinajstić information content (AvgIpc) is 2.62. The zero-order valence-corrected chi connectivity index (χ0v) is 17.6. The summed E-state index contributed by atoms with van der Waals surface area (Å²) in [6, 6.07) is 8.78. The number of rotatable bonds is 4. The summed E-state index contributed by atoms with van der Waals surface area (Å²) >= 11 is 0. The van der Waals surface area contributed by atoms with Gasteiger partial charge in [0.1, 0.15) is 0 Å². The number of amides is 1. The topological polar surface area (TPSA) is 32.3 Å². The van der Waals surface area contributed by atoms with Gasteiger partial charge >= 0.3 is 0 Å². The highest BCUT2D eigenvalue weighted by molar-refractivity contribution is 5.83. The molecule has 27 heavy (non-hydrogen) atoms. The van der Waals surface area contributed by atoms with E-state index < -0.39 is 0 Å². The van der Waals surface area contributed by atoms with Crippen LogP contribution < -0.4 is 5.32 Å². The number of allylic oxidation sites excluding steroid dienone is 1. The molecule has 1 aliphatic heterocycles. The summed E-state index contributed by atoms with van der Waals surface area (Å²) in [6.45, 7) is 15.5. The molecule has 148 valence electrons. The quantitative estimate of drug-likeness (QED) is 0.790. The normalized spacial score (nSPS) is 29.0. The van der Waals surface area contributed by atoms with E-state index >= 15 is 0 Å². The van der Waals surface area contributed by atoms with Gasteiger partial charge in [0, 0.05) is 25.2 Å². The van der Waals surface area contributed by atoms with Crippen LogP contribution >= 0.6 is 0 Å². The number of hydrogen-bond donors (Lipinski definition) is 1. The minimum absolute atomic E-state index is 0.199. The predicted molar refractivity (Wildman–Crippen MR) is 112 cm³/mol. The van der Waals surface area contributed by atoms with Gasteiger partial charge in [-0.1, -0.05) is 37.3 Å². The molecular weight excluding hydrogens is 332 g/mol. The molecule has 1 fully saturated rings. The van der Waals surface area contributed by atoms with Crippen molar-refractivity contribution in [2.24, 2.45) is 17.3 Å². The molecule has 1 heterocycles. The van der Waals surface area contributed by atoms with Crippen LogP contribution in [0.1, 0.15) is 58.1 Å². The molecule has 0 saturated heterocycles. The van der Waals surface area contributed by atoms with Crippen LogP contribution in [0.25, 0.3) is 0 Å². The minimum atomic E-state index is -0.332. The third-order valence-electron chi connectivity index (χ3n) is 6.50. The minimum Gasteiger partial charge on any atom is -0.351 e. The van der Waals surface area contributed by atoms with Gasteiger partial charge in [0.2, 0.25) is 5.91 Å². The third kappa shape index (κ3) is 4.63. The number of carbonyl (C=O) groups excluding carboxylic acids is 1. The number of nitrogens with zero attached hydrogens (tertiary/aromatic N) is 1. The summed E-state index contributed by atoms with van der Waals surface area (Å²) < 4.78 is 0. The number of nitrogens with one attached hydrogen (secondary N) is 1. The first kappa shape index (κ1) is 20.1. The Kier molecular flexibility index (Phi) is 5.81. The van der Waals surface area contributed by atoms with Crippen LogP contribution in [0.4, 0.5) is 0 Å². The fraction of sp³-hybridized carbons (Fsp3) is 0.625.